The van der Waals surface area contributed by atoms with Gasteiger partial charge in [0.05, 0.1) is 23.3 Å². The van der Waals surface area contributed by atoms with Crippen LogP contribution in [0.3, 0.4) is 0 Å². The van der Waals surface area contributed by atoms with Crippen LogP contribution in [0.4, 0.5) is 0 Å². The van der Waals surface area contributed by atoms with Crippen molar-refractivity contribution in [1.29, 1.82) is 0 Å². The zero-order chi connectivity index (χ0) is 23.2. The highest BCUT2D eigenvalue weighted by Crippen LogP contribution is 2.24. The Morgan fingerprint density at radius 2 is 1.67 bits per heavy atom. The Morgan fingerprint density at radius 3 is 2.36 bits per heavy atom. The van der Waals surface area contributed by atoms with Crippen molar-refractivity contribution < 1.29 is 9.53 Å². The summed E-state index contributed by atoms with van der Waals surface area (Å²) in [6.45, 7) is 6.28. The molecule has 6 heteroatoms. The molecule has 0 bridgehead atoms. The van der Waals surface area contributed by atoms with Crippen LogP contribution in [0.5, 0.6) is 0 Å². The van der Waals surface area contributed by atoms with E-state index in [1.807, 2.05) is 41.3 Å². The van der Waals surface area contributed by atoms with E-state index in [0.29, 0.717) is 35.3 Å². The molecule has 4 rings (SSSR count). The van der Waals surface area contributed by atoms with Crippen LogP contribution in [-0.4, -0.2) is 48.4 Å². The summed E-state index contributed by atoms with van der Waals surface area (Å²) in [5.41, 5.74) is 4.04. The summed E-state index contributed by atoms with van der Waals surface area (Å²) in [4.78, 5) is 17.1. The van der Waals surface area contributed by atoms with Gasteiger partial charge in [-0.1, -0.05) is 77.3 Å². The molecule has 1 fully saturated rings. The summed E-state index contributed by atoms with van der Waals surface area (Å²) in [5.74, 6) is -0.00908. The fourth-order valence-corrected chi connectivity index (χ4v) is 4.45. The molecular weight excluding hydrogens is 455 g/mol. The molecule has 0 radical (unpaired) electrons. The van der Waals surface area contributed by atoms with Crippen molar-refractivity contribution in [3.8, 4) is 0 Å². The number of aryl methyl sites for hydroxylation is 1. The van der Waals surface area contributed by atoms with Crippen molar-refractivity contribution in [3.05, 3.63) is 105 Å². The van der Waals surface area contributed by atoms with Gasteiger partial charge in [0, 0.05) is 37.7 Å². The van der Waals surface area contributed by atoms with Crippen LogP contribution < -0.4 is 0 Å². The van der Waals surface area contributed by atoms with Gasteiger partial charge in [0.15, 0.2) is 0 Å². The van der Waals surface area contributed by atoms with Crippen LogP contribution in [0, 0.1) is 6.92 Å². The quantitative estimate of drug-likeness (QED) is 0.412. The molecule has 1 aliphatic heterocycles. The average Bonchev–Trinajstić information content (AvgIpc) is 2.83. The Kier molecular flexibility index (Phi) is 8.05. The first-order valence-corrected chi connectivity index (χ1v) is 11.9. The maximum absolute atomic E-state index is 12.9. The van der Waals surface area contributed by atoms with Gasteiger partial charge in [-0.3, -0.25) is 9.69 Å². The van der Waals surface area contributed by atoms with E-state index in [-0.39, 0.29) is 12.0 Å². The van der Waals surface area contributed by atoms with Crippen LogP contribution in [-0.2, 0) is 11.3 Å². The van der Waals surface area contributed by atoms with E-state index in [2.05, 4.69) is 36.1 Å². The average molecular weight is 483 g/mol. The van der Waals surface area contributed by atoms with Crippen molar-refractivity contribution in [3.63, 3.8) is 0 Å². The van der Waals surface area contributed by atoms with E-state index in [4.69, 9.17) is 27.9 Å². The Hall–Kier alpha value is -2.37. The fourth-order valence-electron chi connectivity index (χ4n) is 4.10. The number of rotatable bonds is 7. The van der Waals surface area contributed by atoms with E-state index in [9.17, 15) is 4.79 Å². The minimum atomic E-state index is -0.0893. The lowest BCUT2D eigenvalue weighted by Gasteiger charge is -2.36. The molecule has 0 spiro atoms. The molecule has 0 saturated carbocycles. The smallest absolute Gasteiger partial charge is 0.255 e. The molecule has 1 atom stereocenters. The molecule has 0 aromatic heterocycles. The van der Waals surface area contributed by atoms with Gasteiger partial charge in [-0.15, -0.1) is 0 Å². The number of nitrogens with zero attached hydrogens (tertiary/aromatic N) is 2. The van der Waals surface area contributed by atoms with E-state index < -0.39 is 0 Å². The Balaban J connectivity index is 1.39. The number of halogens is 2. The summed E-state index contributed by atoms with van der Waals surface area (Å²) in [6, 6.07) is 23.5. The number of carbonyl (C=O) groups is 1. The summed E-state index contributed by atoms with van der Waals surface area (Å²) in [6.07, 6.45) is -0.0893. The van der Waals surface area contributed by atoms with Crippen LogP contribution >= 0.6 is 23.2 Å². The number of piperazine rings is 1. The summed E-state index contributed by atoms with van der Waals surface area (Å²) in [7, 11) is 0. The van der Waals surface area contributed by atoms with Crippen LogP contribution in [0.15, 0.2) is 72.8 Å². The van der Waals surface area contributed by atoms with Crippen molar-refractivity contribution in [2.75, 3.05) is 32.7 Å². The van der Waals surface area contributed by atoms with Crippen LogP contribution in [0.2, 0.25) is 10.0 Å². The molecule has 4 nitrogen and oxygen atoms in total. The lowest BCUT2D eigenvalue weighted by molar-refractivity contribution is 0.00341. The Morgan fingerprint density at radius 1 is 0.939 bits per heavy atom. The Bertz CT molecular complexity index is 1080. The van der Waals surface area contributed by atoms with Gasteiger partial charge in [0.25, 0.3) is 5.91 Å². The monoisotopic (exact) mass is 482 g/mol. The molecule has 1 amide bonds. The third-order valence-corrected chi connectivity index (χ3v) is 6.54. The first-order chi connectivity index (χ1) is 16.0. The minimum absolute atomic E-state index is 0.00908. The largest absolute Gasteiger partial charge is 0.368 e. The summed E-state index contributed by atoms with van der Waals surface area (Å²) >= 11 is 12.3. The molecule has 0 unspecified atom stereocenters. The van der Waals surface area contributed by atoms with Crippen molar-refractivity contribution >= 4 is 29.1 Å². The third kappa shape index (κ3) is 6.36. The second-order valence-corrected chi connectivity index (χ2v) is 9.26. The third-order valence-electron chi connectivity index (χ3n) is 5.96. The second-order valence-electron chi connectivity index (χ2n) is 8.41. The number of amides is 1. The van der Waals surface area contributed by atoms with Gasteiger partial charge >= 0.3 is 0 Å². The molecule has 0 aliphatic carbocycles. The number of hydrogen-bond donors (Lipinski definition) is 0. The molecule has 172 valence electrons. The van der Waals surface area contributed by atoms with Gasteiger partial charge in [-0.05, 0) is 42.3 Å². The van der Waals surface area contributed by atoms with Crippen molar-refractivity contribution in [1.82, 2.24) is 9.80 Å². The van der Waals surface area contributed by atoms with E-state index in [1.165, 1.54) is 5.56 Å². The maximum atomic E-state index is 12.9. The Labute approximate surface area is 205 Å². The first-order valence-electron chi connectivity index (χ1n) is 11.2. The fraction of sp³-hybridized carbons (Fsp3) is 0.296. The van der Waals surface area contributed by atoms with E-state index >= 15 is 0 Å². The van der Waals surface area contributed by atoms with Gasteiger partial charge in [0.2, 0.25) is 0 Å². The molecule has 3 aromatic carbocycles. The van der Waals surface area contributed by atoms with Gasteiger partial charge in [-0.2, -0.15) is 0 Å². The summed E-state index contributed by atoms with van der Waals surface area (Å²) < 4.78 is 6.39. The lowest BCUT2D eigenvalue weighted by Crippen LogP contribution is -2.49. The zero-order valence-electron chi connectivity index (χ0n) is 18.7. The number of carbonyl (C=O) groups excluding carboxylic acids is 1. The zero-order valence-corrected chi connectivity index (χ0v) is 20.2. The van der Waals surface area contributed by atoms with Gasteiger partial charge in [-0.25, -0.2) is 0 Å². The highest BCUT2D eigenvalue weighted by atomic mass is 35.5. The van der Waals surface area contributed by atoms with Crippen LogP contribution in [0.1, 0.15) is 33.2 Å². The topological polar surface area (TPSA) is 32.8 Å². The van der Waals surface area contributed by atoms with Crippen LogP contribution in [0.25, 0.3) is 0 Å². The van der Waals surface area contributed by atoms with E-state index in [0.717, 1.165) is 30.8 Å². The number of benzene rings is 3. The highest BCUT2D eigenvalue weighted by Gasteiger charge is 2.25. The number of hydrogen-bond acceptors (Lipinski definition) is 3. The van der Waals surface area contributed by atoms with Crippen molar-refractivity contribution in [2.24, 2.45) is 0 Å². The molecule has 1 aliphatic rings. The maximum Gasteiger partial charge on any atom is 0.255 e. The molecule has 0 N–H and O–H groups in total. The predicted molar refractivity (Wildman–Crippen MR) is 134 cm³/mol. The highest BCUT2D eigenvalue weighted by molar-refractivity contribution is 6.33. The first kappa shape index (κ1) is 23.8. The lowest BCUT2D eigenvalue weighted by atomic mass is 10.1. The molecular formula is C27H28Cl2N2O2. The van der Waals surface area contributed by atoms with Gasteiger partial charge in [0.1, 0.15) is 0 Å². The summed E-state index contributed by atoms with van der Waals surface area (Å²) in [5, 5.41) is 1.21. The molecule has 1 saturated heterocycles. The molecule has 1 heterocycles. The molecule has 33 heavy (non-hydrogen) atoms. The van der Waals surface area contributed by atoms with Gasteiger partial charge < -0.3 is 9.64 Å². The number of ether oxygens (including phenoxy) is 1. The predicted octanol–water partition coefficient (Wildman–Crippen LogP) is 6.02. The normalized spacial score (nSPS) is 15.4. The SMILES string of the molecule is Cc1cccc(CO[C@@H](CN2CCN(C(=O)c3ccccc3Cl)CC2)c2ccc(Cl)cc2)c1. The molecule has 3 aromatic rings. The van der Waals surface area contributed by atoms with Crippen molar-refractivity contribution in [2.45, 2.75) is 19.6 Å². The minimum Gasteiger partial charge on any atom is -0.368 e. The second kappa shape index (κ2) is 11.2. The standard InChI is InChI=1S/C27H28Cl2N2O2/c1-20-5-4-6-21(17-20)19-33-26(22-9-11-23(28)12-10-22)18-30-13-15-31(16-14-30)27(32)24-7-2-3-8-25(24)29/h2-12,17,26H,13-16,18-19H2,1H3/t26-/m0/s1. The van der Waals surface area contributed by atoms with E-state index in [1.54, 1.807) is 12.1 Å².